The van der Waals surface area contributed by atoms with E-state index >= 15 is 0 Å². The Kier molecular flexibility index (Phi) is 5.86. The van der Waals surface area contributed by atoms with Crippen LogP contribution in [-0.2, 0) is 10.2 Å². The molecule has 3 rings (SSSR count). The number of halogens is 1. The molecule has 1 aromatic heterocycles. The molecule has 2 heterocycles. The van der Waals surface area contributed by atoms with E-state index in [4.69, 9.17) is 11.6 Å². The maximum absolute atomic E-state index is 12.6. The second-order valence-electron chi connectivity index (χ2n) is 8.35. The number of benzene rings is 1. The Balaban J connectivity index is 1.86. The van der Waals surface area contributed by atoms with Crippen LogP contribution in [0.25, 0.3) is 0 Å². The third kappa shape index (κ3) is 4.89. The number of anilines is 2. The van der Waals surface area contributed by atoms with Gasteiger partial charge in [-0.1, -0.05) is 45.4 Å². The molecule has 0 bridgehead atoms. The van der Waals surface area contributed by atoms with Crippen molar-refractivity contribution in [1.82, 2.24) is 20.4 Å². The van der Waals surface area contributed by atoms with Gasteiger partial charge < -0.3 is 10.6 Å². The lowest BCUT2D eigenvalue weighted by atomic mass is 9.92. The standard InChI is InChI=1S/C20H27ClN6O2/c1-11-12(2)22-18(25-17(11)28)27-16(10-15(26-27)20(3,4)5)24-19(29)23-14-8-6-7-13(21)9-14/h6-12,18,22H,1-5H3,(H,25,28)(H2,23,24,29). The average Bonchev–Trinajstić information content (AvgIpc) is 3.03. The molecule has 0 radical (unpaired) electrons. The molecule has 9 heteroatoms. The molecule has 1 fully saturated rings. The summed E-state index contributed by atoms with van der Waals surface area (Å²) in [7, 11) is 0. The Labute approximate surface area is 175 Å². The minimum atomic E-state index is -0.564. The smallest absolute Gasteiger partial charge is 0.322 e. The zero-order valence-electron chi connectivity index (χ0n) is 17.2. The van der Waals surface area contributed by atoms with Gasteiger partial charge in [0.25, 0.3) is 0 Å². The molecule has 0 saturated carbocycles. The molecule has 0 aliphatic carbocycles. The zero-order chi connectivity index (χ0) is 21.3. The molecular formula is C20H27ClN6O2. The van der Waals surface area contributed by atoms with Crippen molar-refractivity contribution < 1.29 is 9.59 Å². The highest BCUT2D eigenvalue weighted by molar-refractivity contribution is 6.30. The molecule has 8 nitrogen and oxygen atoms in total. The largest absolute Gasteiger partial charge is 0.324 e. The second kappa shape index (κ2) is 8.04. The van der Waals surface area contributed by atoms with Gasteiger partial charge in [-0.2, -0.15) is 5.10 Å². The highest BCUT2D eigenvalue weighted by Gasteiger charge is 2.33. The number of nitrogens with one attached hydrogen (secondary N) is 4. The summed E-state index contributed by atoms with van der Waals surface area (Å²) in [5.74, 6) is 0.240. The third-order valence-corrected chi connectivity index (χ3v) is 5.17. The predicted molar refractivity (Wildman–Crippen MR) is 114 cm³/mol. The van der Waals surface area contributed by atoms with E-state index in [0.29, 0.717) is 16.5 Å². The quantitative estimate of drug-likeness (QED) is 0.610. The lowest BCUT2D eigenvalue weighted by Crippen LogP contribution is -2.57. The summed E-state index contributed by atoms with van der Waals surface area (Å²) in [6, 6.07) is 8.23. The number of carbonyl (C=O) groups is 2. The van der Waals surface area contributed by atoms with Crippen LogP contribution < -0.4 is 21.3 Å². The predicted octanol–water partition coefficient (Wildman–Crippen LogP) is 3.68. The van der Waals surface area contributed by atoms with Gasteiger partial charge in [0.05, 0.1) is 11.6 Å². The molecule has 1 saturated heterocycles. The van der Waals surface area contributed by atoms with Gasteiger partial charge in [0.2, 0.25) is 5.91 Å². The maximum atomic E-state index is 12.6. The van der Waals surface area contributed by atoms with E-state index in [0.717, 1.165) is 5.69 Å². The number of hydrogen-bond donors (Lipinski definition) is 4. The number of hydrogen-bond acceptors (Lipinski definition) is 4. The van der Waals surface area contributed by atoms with Crippen LogP contribution in [0, 0.1) is 5.92 Å². The van der Waals surface area contributed by atoms with Gasteiger partial charge in [-0.3, -0.25) is 15.4 Å². The minimum Gasteiger partial charge on any atom is -0.322 e. The van der Waals surface area contributed by atoms with Gasteiger partial charge in [-0.05, 0) is 25.1 Å². The molecule has 3 unspecified atom stereocenters. The van der Waals surface area contributed by atoms with E-state index < -0.39 is 12.3 Å². The first-order valence-corrected chi connectivity index (χ1v) is 9.92. The topological polar surface area (TPSA) is 100 Å². The molecular weight excluding hydrogens is 392 g/mol. The number of nitrogens with zero attached hydrogens (tertiary/aromatic N) is 2. The summed E-state index contributed by atoms with van der Waals surface area (Å²) in [6.45, 7) is 9.92. The van der Waals surface area contributed by atoms with E-state index in [1.54, 1.807) is 28.9 Å². The van der Waals surface area contributed by atoms with Crippen LogP contribution in [0.4, 0.5) is 16.3 Å². The third-order valence-electron chi connectivity index (χ3n) is 4.94. The summed E-state index contributed by atoms with van der Waals surface area (Å²) in [5, 5.41) is 17.0. The first kappa shape index (κ1) is 21.1. The Hall–Kier alpha value is -2.58. The Bertz CT molecular complexity index is 920. The fourth-order valence-corrected chi connectivity index (χ4v) is 3.15. The Morgan fingerprint density at radius 2 is 1.93 bits per heavy atom. The van der Waals surface area contributed by atoms with Gasteiger partial charge in [0.1, 0.15) is 5.82 Å². The van der Waals surface area contributed by atoms with Gasteiger partial charge in [0, 0.05) is 28.2 Å². The number of urea groups is 1. The summed E-state index contributed by atoms with van der Waals surface area (Å²) in [5.41, 5.74) is 1.13. The van der Waals surface area contributed by atoms with Crippen molar-refractivity contribution >= 4 is 35.0 Å². The van der Waals surface area contributed by atoms with Crippen LogP contribution in [0.2, 0.25) is 5.02 Å². The lowest BCUT2D eigenvalue weighted by molar-refractivity contribution is -0.130. The molecule has 3 atom stereocenters. The van der Waals surface area contributed by atoms with Gasteiger partial charge in [0.15, 0.2) is 6.29 Å². The molecule has 29 heavy (non-hydrogen) atoms. The summed E-state index contributed by atoms with van der Waals surface area (Å²) >= 11 is 5.97. The lowest BCUT2D eigenvalue weighted by Gasteiger charge is -2.34. The Morgan fingerprint density at radius 1 is 1.21 bits per heavy atom. The van der Waals surface area contributed by atoms with Crippen LogP contribution in [0.15, 0.2) is 30.3 Å². The number of amides is 3. The summed E-state index contributed by atoms with van der Waals surface area (Å²) in [4.78, 5) is 24.8. The maximum Gasteiger partial charge on any atom is 0.324 e. The molecule has 2 aromatic rings. The number of aromatic nitrogens is 2. The fraction of sp³-hybridized carbons (Fsp3) is 0.450. The van der Waals surface area contributed by atoms with Crippen molar-refractivity contribution in [3.63, 3.8) is 0 Å². The van der Waals surface area contributed by atoms with E-state index in [1.807, 2.05) is 40.7 Å². The van der Waals surface area contributed by atoms with E-state index in [9.17, 15) is 9.59 Å². The van der Waals surface area contributed by atoms with Crippen molar-refractivity contribution in [1.29, 1.82) is 0 Å². The van der Waals surface area contributed by atoms with Crippen molar-refractivity contribution in [2.75, 3.05) is 10.6 Å². The monoisotopic (exact) mass is 418 g/mol. The van der Waals surface area contributed by atoms with E-state index in [2.05, 4.69) is 26.4 Å². The normalized spacial score (nSPS) is 22.1. The van der Waals surface area contributed by atoms with Crippen molar-refractivity contribution in [3.8, 4) is 0 Å². The molecule has 0 spiro atoms. The van der Waals surface area contributed by atoms with Gasteiger partial charge in [-0.15, -0.1) is 0 Å². The van der Waals surface area contributed by atoms with Gasteiger partial charge in [-0.25, -0.2) is 9.48 Å². The minimum absolute atomic E-state index is 0.0378. The van der Waals surface area contributed by atoms with Crippen molar-refractivity contribution in [3.05, 3.63) is 41.0 Å². The molecule has 1 aromatic carbocycles. The van der Waals surface area contributed by atoms with Crippen LogP contribution in [0.1, 0.15) is 46.6 Å². The first-order valence-electron chi connectivity index (χ1n) is 9.54. The zero-order valence-corrected chi connectivity index (χ0v) is 18.0. The van der Waals surface area contributed by atoms with Crippen molar-refractivity contribution in [2.45, 2.75) is 52.4 Å². The summed E-state index contributed by atoms with van der Waals surface area (Å²) in [6.07, 6.45) is -0.564. The van der Waals surface area contributed by atoms with Crippen LogP contribution in [-0.4, -0.2) is 27.8 Å². The first-order chi connectivity index (χ1) is 13.5. The molecule has 1 aliphatic rings. The van der Waals surface area contributed by atoms with E-state index in [1.165, 1.54) is 0 Å². The van der Waals surface area contributed by atoms with E-state index in [-0.39, 0.29) is 23.3 Å². The highest BCUT2D eigenvalue weighted by Crippen LogP contribution is 2.27. The Morgan fingerprint density at radius 3 is 2.55 bits per heavy atom. The summed E-state index contributed by atoms with van der Waals surface area (Å²) < 4.78 is 1.60. The van der Waals surface area contributed by atoms with Gasteiger partial charge >= 0.3 is 6.03 Å². The second-order valence-corrected chi connectivity index (χ2v) is 8.79. The van der Waals surface area contributed by atoms with Crippen LogP contribution in [0.5, 0.6) is 0 Å². The molecule has 3 amide bonds. The molecule has 1 aliphatic heterocycles. The molecule has 156 valence electrons. The number of carbonyl (C=O) groups excluding carboxylic acids is 2. The fourth-order valence-electron chi connectivity index (χ4n) is 2.96. The number of rotatable bonds is 3. The van der Waals surface area contributed by atoms with Crippen LogP contribution in [0.3, 0.4) is 0 Å². The van der Waals surface area contributed by atoms with Crippen molar-refractivity contribution in [2.24, 2.45) is 5.92 Å². The highest BCUT2D eigenvalue weighted by atomic mass is 35.5. The van der Waals surface area contributed by atoms with Crippen LogP contribution >= 0.6 is 11.6 Å². The molecule has 4 N–H and O–H groups in total. The SMILES string of the molecule is CC1NC(n2nc(C(C)(C)C)cc2NC(=O)Nc2cccc(Cl)c2)NC(=O)C1C. The average molecular weight is 419 g/mol.